The third-order valence-electron chi connectivity index (χ3n) is 4.60. The lowest BCUT2D eigenvalue weighted by Crippen LogP contribution is -2.20. The van der Waals surface area contributed by atoms with Crippen LogP contribution in [0.1, 0.15) is 39.4 Å². The number of benzene rings is 2. The van der Waals surface area contributed by atoms with Crippen LogP contribution in [0.2, 0.25) is 0 Å². The molecule has 3 aromatic rings. The zero-order valence-electron chi connectivity index (χ0n) is 16.7. The molecular weight excluding hydrogens is 356 g/mol. The van der Waals surface area contributed by atoms with Gasteiger partial charge >= 0.3 is 5.63 Å². The Labute approximate surface area is 164 Å². The first-order valence-electron chi connectivity index (χ1n) is 9.46. The van der Waals surface area contributed by atoms with Crippen molar-refractivity contribution < 1.29 is 19.0 Å². The number of rotatable bonds is 7. The van der Waals surface area contributed by atoms with Crippen molar-refractivity contribution in [3.63, 3.8) is 0 Å². The topological polar surface area (TPSA) is 68.9 Å². The zero-order valence-corrected chi connectivity index (χ0v) is 16.7. The van der Waals surface area contributed by atoms with Crippen LogP contribution in [0.25, 0.3) is 21.9 Å². The zero-order chi connectivity index (χ0) is 20.3. The molecular formula is C23H26O5. The number of hydrogen-bond donors (Lipinski definition) is 1. The van der Waals surface area contributed by atoms with Gasteiger partial charge in [-0.2, -0.15) is 0 Å². The van der Waals surface area contributed by atoms with Gasteiger partial charge in [0.2, 0.25) is 0 Å². The second-order valence-electron chi connectivity index (χ2n) is 7.27. The van der Waals surface area contributed by atoms with E-state index in [-0.39, 0.29) is 5.76 Å². The molecule has 0 unspecified atom stereocenters. The molecule has 5 nitrogen and oxygen atoms in total. The lowest BCUT2D eigenvalue weighted by atomic mass is 9.92. The number of aliphatic hydroxyl groups is 1. The van der Waals surface area contributed by atoms with Crippen LogP contribution in [0.4, 0.5) is 0 Å². The van der Waals surface area contributed by atoms with Crippen LogP contribution in [0, 0.1) is 0 Å². The van der Waals surface area contributed by atoms with E-state index >= 15 is 0 Å². The van der Waals surface area contributed by atoms with Gasteiger partial charge in [-0.05, 0) is 44.0 Å². The van der Waals surface area contributed by atoms with Gasteiger partial charge in [-0.15, -0.1) is 0 Å². The van der Waals surface area contributed by atoms with Crippen molar-refractivity contribution in [2.24, 2.45) is 0 Å². The fourth-order valence-electron chi connectivity index (χ4n) is 3.19. The predicted molar refractivity (Wildman–Crippen MR) is 110 cm³/mol. The maximum absolute atomic E-state index is 12.4. The highest BCUT2D eigenvalue weighted by Gasteiger charge is 2.27. The van der Waals surface area contributed by atoms with E-state index in [1.54, 1.807) is 33.1 Å². The van der Waals surface area contributed by atoms with Crippen molar-refractivity contribution in [2.75, 3.05) is 13.7 Å². The first-order chi connectivity index (χ1) is 13.4. The van der Waals surface area contributed by atoms with Crippen LogP contribution in [0.5, 0.6) is 11.5 Å². The van der Waals surface area contributed by atoms with Crippen LogP contribution in [0.3, 0.4) is 0 Å². The largest absolute Gasteiger partial charge is 0.493 e. The summed E-state index contributed by atoms with van der Waals surface area (Å²) in [6, 6.07) is 12.8. The molecule has 0 saturated carbocycles. The van der Waals surface area contributed by atoms with Crippen molar-refractivity contribution >= 4 is 10.8 Å². The lowest BCUT2D eigenvalue weighted by molar-refractivity contribution is 0.0521. The maximum Gasteiger partial charge on any atom is 0.343 e. The second-order valence-corrected chi connectivity index (χ2v) is 7.27. The predicted octanol–water partition coefficient (Wildman–Crippen LogP) is 4.87. The van der Waals surface area contributed by atoms with Crippen LogP contribution >= 0.6 is 0 Å². The first kappa shape index (κ1) is 20.0. The number of hydrogen-bond acceptors (Lipinski definition) is 5. The molecule has 5 heteroatoms. The van der Waals surface area contributed by atoms with Gasteiger partial charge in [0.05, 0.1) is 19.1 Å². The summed E-state index contributed by atoms with van der Waals surface area (Å²) in [7, 11) is 1.60. The third-order valence-corrected chi connectivity index (χ3v) is 4.60. The molecule has 0 aliphatic carbocycles. The summed E-state index contributed by atoms with van der Waals surface area (Å²) in [6.45, 7) is 5.89. The van der Waals surface area contributed by atoms with Gasteiger partial charge in [0.15, 0.2) is 11.5 Å². The Morgan fingerprint density at radius 3 is 2.43 bits per heavy atom. The van der Waals surface area contributed by atoms with E-state index in [2.05, 4.69) is 6.92 Å². The van der Waals surface area contributed by atoms with Gasteiger partial charge in [0, 0.05) is 10.9 Å². The van der Waals surface area contributed by atoms with Crippen molar-refractivity contribution in [1.29, 1.82) is 0 Å². The Bertz CT molecular complexity index is 1030. The third kappa shape index (κ3) is 3.90. The van der Waals surface area contributed by atoms with Gasteiger partial charge in [0.25, 0.3) is 0 Å². The highest BCUT2D eigenvalue weighted by molar-refractivity contribution is 5.97. The molecule has 0 amide bonds. The van der Waals surface area contributed by atoms with Crippen molar-refractivity contribution in [3.8, 4) is 22.6 Å². The van der Waals surface area contributed by atoms with Crippen molar-refractivity contribution in [3.05, 3.63) is 58.6 Å². The van der Waals surface area contributed by atoms with Crippen molar-refractivity contribution in [2.45, 2.75) is 39.2 Å². The van der Waals surface area contributed by atoms with E-state index in [9.17, 15) is 9.90 Å². The molecule has 0 aliphatic heterocycles. The summed E-state index contributed by atoms with van der Waals surface area (Å²) >= 11 is 0. The molecule has 3 rings (SSSR count). The summed E-state index contributed by atoms with van der Waals surface area (Å²) in [6.07, 6.45) is 1.96. The Kier molecular flexibility index (Phi) is 5.75. The molecule has 1 heterocycles. The van der Waals surface area contributed by atoms with E-state index in [0.717, 1.165) is 23.8 Å². The summed E-state index contributed by atoms with van der Waals surface area (Å²) in [5.74, 6) is 1.47. The normalized spacial score (nSPS) is 11.6. The van der Waals surface area contributed by atoms with E-state index in [0.29, 0.717) is 29.1 Å². The Morgan fingerprint density at radius 1 is 1.07 bits per heavy atom. The first-order valence-corrected chi connectivity index (χ1v) is 9.46. The quantitative estimate of drug-likeness (QED) is 0.590. The Balaban J connectivity index is 2.26. The smallest absolute Gasteiger partial charge is 0.343 e. The molecule has 28 heavy (non-hydrogen) atoms. The molecule has 148 valence electrons. The van der Waals surface area contributed by atoms with Gasteiger partial charge < -0.3 is 19.0 Å². The number of unbranched alkanes of at least 4 members (excludes halogenated alkanes) is 1. The molecule has 0 atom stereocenters. The van der Waals surface area contributed by atoms with Crippen LogP contribution in [-0.4, -0.2) is 18.8 Å². The van der Waals surface area contributed by atoms with E-state index in [1.807, 2.05) is 30.3 Å². The molecule has 2 aromatic carbocycles. The van der Waals surface area contributed by atoms with E-state index in [1.165, 1.54) is 0 Å². The summed E-state index contributed by atoms with van der Waals surface area (Å²) in [4.78, 5) is 12.4. The number of ether oxygens (including phenoxy) is 2. The average Bonchev–Trinajstić information content (AvgIpc) is 2.67. The monoisotopic (exact) mass is 382 g/mol. The molecule has 0 saturated heterocycles. The van der Waals surface area contributed by atoms with Gasteiger partial charge in [0.1, 0.15) is 11.4 Å². The van der Waals surface area contributed by atoms with E-state index in [4.69, 9.17) is 13.9 Å². The second kappa shape index (κ2) is 8.07. The number of fused-ring (bicyclic) bond motifs is 1. The van der Waals surface area contributed by atoms with Gasteiger partial charge in [-0.3, -0.25) is 0 Å². The molecule has 1 N–H and O–H groups in total. The van der Waals surface area contributed by atoms with Crippen LogP contribution in [-0.2, 0) is 5.60 Å². The highest BCUT2D eigenvalue weighted by atomic mass is 16.5. The summed E-state index contributed by atoms with van der Waals surface area (Å²) in [5, 5.41) is 11.9. The fraction of sp³-hybridized carbons (Fsp3) is 0.348. The van der Waals surface area contributed by atoms with Crippen LogP contribution < -0.4 is 15.1 Å². The minimum atomic E-state index is -1.33. The summed E-state index contributed by atoms with van der Waals surface area (Å²) in [5.41, 5.74) is -0.346. The summed E-state index contributed by atoms with van der Waals surface area (Å²) < 4.78 is 16.9. The lowest BCUT2D eigenvalue weighted by Gasteiger charge is -2.21. The van der Waals surface area contributed by atoms with E-state index < -0.39 is 11.2 Å². The molecule has 0 spiro atoms. The molecule has 0 bridgehead atoms. The van der Waals surface area contributed by atoms with Crippen molar-refractivity contribution in [1.82, 2.24) is 0 Å². The minimum Gasteiger partial charge on any atom is -0.493 e. The highest BCUT2D eigenvalue weighted by Crippen LogP contribution is 2.39. The maximum atomic E-state index is 12.4. The fourth-order valence-corrected chi connectivity index (χ4v) is 3.19. The number of methoxy groups -OCH3 is 1. The standard InChI is InChI=1S/C23H26O5/c1-5-6-13-27-19-14-15(11-12-18(19)26-4)20-16-9-7-8-10-17(16)22(24)28-21(20)23(2,3)25/h7-12,14,25H,5-6,13H2,1-4H3. The van der Waals surface area contributed by atoms with Gasteiger partial charge in [-0.1, -0.05) is 37.6 Å². The minimum absolute atomic E-state index is 0.223. The Hall–Kier alpha value is -2.79. The average molecular weight is 382 g/mol. The molecule has 0 radical (unpaired) electrons. The van der Waals surface area contributed by atoms with Crippen LogP contribution in [0.15, 0.2) is 51.7 Å². The molecule has 0 fully saturated rings. The molecule has 0 aliphatic rings. The Morgan fingerprint density at radius 2 is 1.79 bits per heavy atom. The van der Waals surface area contributed by atoms with Gasteiger partial charge in [-0.25, -0.2) is 4.79 Å². The molecule has 1 aromatic heterocycles. The SMILES string of the molecule is CCCCOc1cc(-c2c(C(C)(C)O)oc(=O)c3ccccc23)ccc1OC.